The first-order chi connectivity index (χ1) is 18.3. The first kappa shape index (κ1) is 30.6. The molecule has 4 nitrogen and oxygen atoms in total. The van der Waals surface area contributed by atoms with Gasteiger partial charge in [-0.05, 0) is 47.0 Å². The van der Waals surface area contributed by atoms with Crippen LogP contribution in [-0.2, 0) is 12.4 Å². The Balaban J connectivity index is 2.45. The average Bonchev–Trinajstić information content (AvgIpc) is 2.80. The van der Waals surface area contributed by atoms with Crippen LogP contribution >= 0.6 is 0 Å². The van der Waals surface area contributed by atoms with Crippen molar-refractivity contribution in [2.45, 2.75) is 25.1 Å². The van der Waals surface area contributed by atoms with Gasteiger partial charge in [0.05, 0.1) is 25.3 Å². The molecular formula is C24H14F12O4. The number of alkyl halides is 12. The number of halogens is 12. The second-order valence-corrected chi connectivity index (χ2v) is 7.70. The summed E-state index contributed by atoms with van der Waals surface area (Å²) in [6.07, 6.45) is -22.1. The van der Waals surface area contributed by atoms with E-state index in [1.54, 1.807) is 0 Å². The monoisotopic (exact) mass is 594 g/mol. The van der Waals surface area contributed by atoms with Gasteiger partial charge >= 0.3 is 25.1 Å². The Hall–Kier alpha value is -3.98. The fraction of sp³-hybridized carbons (Fsp3) is 0.250. The van der Waals surface area contributed by atoms with E-state index in [0.29, 0.717) is 30.3 Å². The molecule has 0 aromatic heterocycles. The zero-order chi connectivity index (χ0) is 30.3. The zero-order valence-electron chi connectivity index (χ0n) is 19.8. The number of methoxy groups -OCH3 is 2. The highest BCUT2D eigenvalue weighted by Gasteiger charge is 2.45. The lowest BCUT2D eigenvalue weighted by Gasteiger charge is -2.23. The quantitative estimate of drug-likeness (QED) is 0.267. The molecule has 0 radical (unpaired) electrons. The summed E-state index contributed by atoms with van der Waals surface area (Å²) in [5.41, 5.74) is -7.00. The van der Waals surface area contributed by atoms with Crippen LogP contribution in [0.15, 0.2) is 48.5 Å². The maximum Gasteiger partial charge on any atom is 0.573 e. The molecule has 218 valence electrons. The van der Waals surface area contributed by atoms with Gasteiger partial charge in [-0.3, -0.25) is 0 Å². The average molecular weight is 594 g/mol. The van der Waals surface area contributed by atoms with E-state index in [2.05, 4.69) is 9.47 Å². The van der Waals surface area contributed by atoms with E-state index in [4.69, 9.17) is 9.47 Å². The highest BCUT2D eigenvalue weighted by atomic mass is 19.4. The molecule has 0 saturated carbocycles. The Morgan fingerprint density at radius 2 is 1.12 bits per heavy atom. The van der Waals surface area contributed by atoms with Gasteiger partial charge in [-0.1, -0.05) is 18.2 Å². The Morgan fingerprint density at radius 1 is 0.550 bits per heavy atom. The van der Waals surface area contributed by atoms with Gasteiger partial charge in [0.1, 0.15) is 0 Å². The molecule has 0 bridgehead atoms. The van der Waals surface area contributed by atoms with Crippen molar-refractivity contribution in [2.24, 2.45) is 0 Å². The number of ether oxygens (including phenoxy) is 4. The van der Waals surface area contributed by atoms with Crippen molar-refractivity contribution in [3.63, 3.8) is 0 Å². The van der Waals surface area contributed by atoms with Gasteiger partial charge in [0.25, 0.3) is 0 Å². The van der Waals surface area contributed by atoms with Gasteiger partial charge < -0.3 is 18.9 Å². The smallest absolute Gasteiger partial charge is 0.493 e. The van der Waals surface area contributed by atoms with Gasteiger partial charge in [0.2, 0.25) is 0 Å². The molecule has 0 aliphatic carbocycles. The maximum atomic E-state index is 14.0. The Morgan fingerprint density at radius 3 is 1.62 bits per heavy atom. The second kappa shape index (κ2) is 10.5. The fourth-order valence-corrected chi connectivity index (χ4v) is 3.83. The molecule has 3 aromatic carbocycles. The topological polar surface area (TPSA) is 36.9 Å². The summed E-state index contributed by atoms with van der Waals surface area (Å²) >= 11 is 0. The van der Waals surface area contributed by atoms with Crippen LogP contribution in [0.25, 0.3) is 22.3 Å². The highest BCUT2D eigenvalue weighted by Crippen LogP contribution is 2.51. The number of hydrogen-bond acceptors (Lipinski definition) is 4. The number of rotatable bonds is 6. The Bertz CT molecular complexity index is 1370. The fourth-order valence-electron chi connectivity index (χ4n) is 3.83. The molecule has 0 aliphatic rings. The molecule has 0 atom stereocenters. The van der Waals surface area contributed by atoms with Crippen molar-refractivity contribution in [3.8, 4) is 45.3 Å². The summed E-state index contributed by atoms with van der Waals surface area (Å²) in [5.74, 6) is -3.71. The van der Waals surface area contributed by atoms with E-state index < -0.39 is 75.7 Å². The molecule has 16 heteroatoms. The minimum absolute atomic E-state index is 0.186. The van der Waals surface area contributed by atoms with Crippen molar-refractivity contribution in [2.75, 3.05) is 14.2 Å². The SMILES string of the molecule is COc1ccc(-c2cccc(C(F)(F)F)c2C(F)(F)F)c(-c2ccc(OC(F)(F)F)c(OC(F)(F)F)c2)c1OC. The van der Waals surface area contributed by atoms with Crippen molar-refractivity contribution < 1.29 is 71.6 Å². The first-order valence-corrected chi connectivity index (χ1v) is 10.5. The van der Waals surface area contributed by atoms with Crippen LogP contribution in [0.2, 0.25) is 0 Å². The van der Waals surface area contributed by atoms with Gasteiger partial charge in [0.15, 0.2) is 23.0 Å². The molecular weight excluding hydrogens is 580 g/mol. The summed E-state index contributed by atoms with van der Waals surface area (Å²) in [6, 6.07) is 4.87. The Labute approximate surface area is 216 Å². The minimum Gasteiger partial charge on any atom is -0.493 e. The van der Waals surface area contributed by atoms with E-state index >= 15 is 0 Å². The second-order valence-electron chi connectivity index (χ2n) is 7.70. The molecule has 0 spiro atoms. The van der Waals surface area contributed by atoms with Crippen molar-refractivity contribution >= 4 is 0 Å². The third-order valence-electron chi connectivity index (χ3n) is 5.17. The summed E-state index contributed by atoms with van der Waals surface area (Å²) < 4.78 is 178. The molecule has 40 heavy (non-hydrogen) atoms. The molecule has 0 amide bonds. The van der Waals surface area contributed by atoms with Crippen LogP contribution in [-0.4, -0.2) is 26.9 Å². The minimum atomic E-state index is -5.58. The predicted octanol–water partition coefficient (Wildman–Crippen LogP) is 8.87. The summed E-state index contributed by atoms with van der Waals surface area (Å²) in [4.78, 5) is 0. The van der Waals surface area contributed by atoms with Gasteiger partial charge in [0, 0.05) is 5.56 Å². The van der Waals surface area contributed by atoms with Crippen LogP contribution < -0.4 is 18.9 Å². The van der Waals surface area contributed by atoms with Gasteiger partial charge in [-0.2, -0.15) is 26.3 Å². The standard InChI is InChI=1S/C24H14F12O4/c1-37-16-9-7-12(13-4-3-5-14(21(25,26)27)19(13)22(28,29)30)18(20(16)38-2)11-6-8-15(39-23(31,32)33)17(10-11)40-24(34,35)36/h3-10H,1-2H3. The molecule has 0 saturated heterocycles. The van der Waals surface area contributed by atoms with E-state index in [1.807, 2.05) is 0 Å². The molecule has 3 aromatic rings. The van der Waals surface area contributed by atoms with E-state index in [1.165, 1.54) is 0 Å². The number of benzene rings is 3. The lowest BCUT2D eigenvalue weighted by molar-refractivity contribution is -0.287. The third-order valence-corrected chi connectivity index (χ3v) is 5.17. The maximum absolute atomic E-state index is 14.0. The molecule has 0 unspecified atom stereocenters. The summed E-state index contributed by atoms with van der Waals surface area (Å²) in [7, 11) is 2.04. The molecule has 3 rings (SSSR count). The lowest BCUT2D eigenvalue weighted by atomic mass is 9.88. The highest BCUT2D eigenvalue weighted by molar-refractivity contribution is 5.91. The summed E-state index contributed by atoms with van der Waals surface area (Å²) in [6.45, 7) is 0. The van der Waals surface area contributed by atoms with Gasteiger partial charge in [-0.25, -0.2) is 0 Å². The van der Waals surface area contributed by atoms with Crippen molar-refractivity contribution in [3.05, 3.63) is 59.7 Å². The van der Waals surface area contributed by atoms with E-state index in [0.717, 1.165) is 26.4 Å². The van der Waals surface area contributed by atoms with E-state index in [-0.39, 0.29) is 11.8 Å². The third kappa shape index (κ3) is 6.77. The molecule has 0 heterocycles. The zero-order valence-corrected chi connectivity index (χ0v) is 19.8. The first-order valence-electron chi connectivity index (χ1n) is 10.5. The number of hydrogen-bond donors (Lipinski definition) is 0. The van der Waals surface area contributed by atoms with Crippen LogP contribution in [0, 0.1) is 0 Å². The predicted molar refractivity (Wildman–Crippen MR) is 114 cm³/mol. The normalized spacial score (nSPS) is 12.8. The molecule has 0 aliphatic heterocycles. The largest absolute Gasteiger partial charge is 0.573 e. The summed E-state index contributed by atoms with van der Waals surface area (Å²) in [5, 5.41) is 0. The van der Waals surface area contributed by atoms with Crippen LogP contribution in [0.4, 0.5) is 52.7 Å². The van der Waals surface area contributed by atoms with Gasteiger partial charge in [-0.15, -0.1) is 26.3 Å². The van der Waals surface area contributed by atoms with Crippen molar-refractivity contribution in [1.29, 1.82) is 0 Å². The Kier molecular flexibility index (Phi) is 8.05. The molecule has 0 fully saturated rings. The lowest BCUT2D eigenvalue weighted by Crippen LogP contribution is -2.21. The van der Waals surface area contributed by atoms with Crippen LogP contribution in [0.1, 0.15) is 11.1 Å². The van der Waals surface area contributed by atoms with Crippen molar-refractivity contribution in [1.82, 2.24) is 0 Å². The van der Waals surface area contributed by atoms with Crippen LogP contribution in [0.3, 0.4) is 0 Å². The van der Waals surface area contributed by atoms with Crippen LogP contribution in [0.5, 0.6) is 23.0 Å². The van der Waals surface area contributed by atoms with E-state index in [9.17, 15) is 52.7 Å². The molecule has 0 N–H and O–H groups in total.